The van der Waals surface area contributed by atoms with Gasteiger partial charge in [-0.3, -0.25) is 14.8 Å². The molecular weight excluding hydrogens is 224 g/mol. The SMILES string of the molecule is O=C(CCCCCC(=O)N1CCOCC1)NO. The Morgan fingerprint density at radius 3 is 2.41 bits per heavy atom. The Kier molecular flexibility index (Phi) is 6.57. The molecule has 0 aromatic heterocycles. The smallest absolute Gasteiger partial charge is 0.243 e. The van der Waals surface area contributed by atoms with Gasteiger partial charge >= 0.3 is 0 Å². The van der Waals surface area contributed by atoms with Crippen molar-refractivity contribution in [2.24, 2.45) is 0 Å². The minimum atomic E-state index is -0.371. The third kappa shape index (κ3) is 5.65. The fourth-order valence-corrected chi connectivity index (χ4v) is 1.77. The number of hydrogen-bond donors (Lipinski definition) is 2. The Balaban J connectivity index is 2.01. The third-order valence-electron chi connectivity index (χ3n) is 2.78. The summed E-state index contributed by atoms with van der Waals surface area (Å²) in [5, 5.41) is 8.28. The lowest BCUT2D eigenvalue weighted by molar-refractivity contribution is -0.135. The standard InChI is InChI=1S/C11H20N2O4/c14-10(12-16)4-2-1-3-5-11(15)13-6-8-17-9-7-13/h16H,1-9H2,(H,12,14). The summed E-state index contributed by atoms with van der Waals surface area (Å²) in [7, 11) is 0. The molecule has 0 aromatic carbocycles. The van der Waals surface area contributed by atoms with E-state index in [1.165, 1.54) is 0 Å². The molecule has 1 fully saturated rings. The largest absolute Gasteiger partial charge is 0.378 e. The molecule has 0 saturated carbocycles. The first-order valence-corrected chi connectivity index (χ1v) is 6.02. The van der Waals surface area contributed by atoms with Gasteiger partial charge in [0.05, 0.1) is 13.2 Å². The van der Waals surface area contributed by atoms with Gasteiger partial charge in [0, 0.05) is 25.9 Å². The predicted octanol–water partition coefficient (Wildman–Crippen LogP) is 0.301. The maximum atomic E-state index is 11.7. The maximum Gasteiger partial charge on any atom is 0.243 e. The number of nitrogens with zero attached hydrogens (tertiary/aromatic N) is 1. The van der Waals surface area contributed by atoms with E-state index < -0.39 is 0 Å². The van der Waals surface area contributed by atoms with Crippen LogP contribution in [-0.2, 0) is 14.3 Å². The summed E-state index contributed by atoms with van der Waals surface area (Å²) in [5.74, 6) is -0.204. The zero-order valence-corrected chi connectivity index (χ0v) is 9.98. The van der Waals surface area contributed by atoms with Crippen molar-refractivity contribution in [2.75, 3.05) is 26.3 Å². The topological polar surface area (TPSA) is 78.9 Å². The van der Waals surface area contributed by atoms with Crippen LogP contribution in [0.5, 0.6) is 0 Å². The number of nitrogens with one attached hydrogen (secondary N) is 1. The molecule has 6 nitrogen and oxygen atoms in total. The van der Waals surface area contributed by atoms with E-state index in [-0.39, 0.29) is 11.8 Å². The summed E-state index contributed by atoms with van der Waals surface area (Å²) in [4.78, 5) is 24.2. The number of carbonyl (C=O) groups excluding carboxylic acids is 2. The Bertz CT molecular complexity index is 252. The second kappa shape index (κ2) is 8.03. The normalized spacial score (nSPS) is 15.7. The van der Waals surface area contributed by atoms with Crippen LogP contribution in [0.1, 0.15) is 32.1 Å². The molecule has 1 aliphatic heterocycles. The number of morpholine rings is 1. The van der Waals surface area contributed by atoms with Crippen molar-refractivity contribution in [1.29, 1.82) is 0 Å². The van der Waals surface area contributed by atoms with Crippen LogP contribution in [0.2, 0.25) is 0 Å². The number of hydrogen-bond acceptors (Lipinski definition) is 4. The van der Waals surface area contributed by atoms with E-state index in [0.717, 1.165) is 12.8 Å². The van der Waals surface area contributed by atoms with Gasteiger partial charge < -0.3 is 9.64 Å². The summed E-state index contributed by atoms with van der Waals surface area (Å²) >= 11 is 0. The summed E-state index contributed by atoms with van der Waals surface area (Å²) in [5.41, 5.74) is 1.59. The number of rotatable bonds is 6. The molecule has 2 amide bonds. The van der Waals surface area contributed by atoms with E-state index in [9.17, 15) is 9.59 Å². The van der Waals surface area contributed by atoms with Crippen molar-refractivity contribution in [3.8, 4) is 0 Å². The molecule has 17 heavy (non-hydrogen) atoms. The van der Waals surface area contributed by atoms with Crippen molar-refractivity contribution in [1.82, 2.24) is 10.4 Å². The van der Waals surface area contributed by atoms with E-state index in [2.05, 4.69) is 0 Å². The average Bonchev–Trinajstić information content (AvgIpc) is 2.38. The van der Waals surface area contributed by atoms with Crippen LogP contribution in [0.25, 0.3) is 0 Å². The molecule has 0 aromatic rings. The highest BCUT2D eigenvalue weighted by Gasteiger charge is 2.15. The molecule has 0 atom stereocenters. The van der Waals surface area contributed by atoms with Crippen molar-refractivity contribution in [2.45, 2.75) is 32.1 Å². The predicted molar refractivity (Wildman–Crippen MR) is 60.4 cm³/mol. The molecule has 6 heteroatoms. The van der Waals surface area contributed by atoms with E-state index >= 15 is 0 Å². The van der Waals surface area contributed by atoms with Crippen LogP contribution in [-0.4, -0.2) is 48.2 Å². The van der Waals surface area contributed by atoms with Gasteiger partial charge in [0.1, 0.15) is 0 Å². The summed E-state index contributed by atoms with van der Waals surface area (Å²) < 4.78 is 5.17. The zero-order chi connectivity index (χ0) is 12.5. The average molecular weight is 244 g/mol. The van der Waals surface area contributed by atoms with Crippen molar-refractivity contribution < 1.29 is 19.5 Å². The molecule has 2 N–H and O–H groups in total. The molecular formula is C11H20N2O4. The number of amides is 2. The first-order valence-electron chi connectivity index (χ1n) is 6.02. The lowest BCUT2D eigenvalue weighted by atomic mass is 10.1. The quantitative estimate of drug-likeness (QED) is 0.400. The minimum absolute atomic E-state index is 0.167. The Hall–Kier alpha value is -1.14. The molecule has 98 valence electrons. The maximum absolute atomic E-state index is 11.7. The fraction of sp³-hybridized carbons (Fsp3) is 0.818. The number of hydroxylamine groups is 1. The third-order valence-corrected chi connectivity index (χ3v) is 2.78. The molecule has 0 radical (unpaired) electrons. The summed E-state index contributed by atoms with van der Waals surface area (Å²) in [6.07, 6.45) is 3.14. The first kappa shape index (κ1) is 13.9. The highest BCUT2D eigenvalue weighted by Crippen LogP contribution is 2.07. The highest BCUT2D eigenvalue weighted by molar-refractivity contribution is 5.76. The molecule has 0 unspecified atom stereocenters. The van der Waals surface area contributed by atoms with Gasteiger partial charge in [0.2, 0.25) is 11.8 Å². The van der Waals surface area contributed by atoms with Crippen LogP contribution in [0, 0.1) is 0 Å². The van der Waals surface area contributed by atoms with Gasteiger partial charge in [-0.2, -0.15) is 0 Å². The highest BCUT2D eigenvalue weighted by atomic mass is 16.5. The zero-order valence-electron chi connectivity index (χ0n) is 9.98. The number of unbranched alkanes of at least 4 members (excludes halogenated alkanes) is 2. The summed E-state index contributed by atoms with van der Waals surface area (Å²) in [6, 6.07) is 0. The molecule has 0 bridgehead atoms. The first-order chi connectivity index (χ1) is 8.24. The molecule has 0 spiro atoms. The summed E-state index contributed by atoms with van der Waals surface area (Å²) in [6.45, 7) is 2.63. The minimum Gasteiger partial charge on any atom is -0.378 e. The van der Waals surface area contributed by atoms with Crippen LogP contribution < -0.4 is 5.48 Å². The Morgan fingerprint density at radius 1 is 1.12 bits per heavy atom. The lowest BCUT2D eigenvalue weighted by Crippen LogP contribution is -2.40. The molecule has 1 heterocycles. The van der Waals surface area contributed by atoms with E-state index in [1.807, 2.05) is 4.90 Å². The van der Waals surface area contributed by atoms with Gasteiger partial charge in [0.15, 0.2) is 0 Å². The monoisotopic (exact) mass is 244 g/mol. The molecule has 1 rings (SSSR count). The van der Waals surface area contributed by atoms with Crippen LogP contribution in [0.3, 0.4) is 0 Å². The molecule has 1 aliphatic rings. The Morgan fingerprint density at radius 2 is 1.76 bits per heavy atom. The molecule has 1 saturated heterocycles. The second-order valence-corrected chi connectivity index (χ2v) is 4.09. The van der Waals surface area contributed by atoms with Crippen LogP contribution in [0.15, 0.2) is 0 Å². The van der Waals surface area contributed by atoms with Crippen molar-refractivity contribution in [3.63, 3.8) is 0 Å². The van der Waals surface area contributed by atoms with E-state index in [1.54, 1.807) is 5.48 Å². The van der Waals surface area contributed by atoms with Gasteiger partial charge in [-0.1, -0.05) is 6.42 Å². The van der Waals surface area contributed by atoms with Crippen LogP contribution >= 0.6 is 0 Å². The van der Waals surface area contributed by atoms with Gasteiger partial charge in [-0.15, -0.1) is 0 Å². The van der Waals surface area contributed by atoms with Crippen molar-refractivity contribution in [3.05, 3.63) is 0 Å². The van der Waals surface area contributed by atoms with E-state index in [0.29, 0.717) is 45.6 Å². The van der Waals surface area contributed by atoms with Gasteiger partial charge in [-0.25, -0.2) is 5.48 Å². The van der Waals surface area contributed by atoms with E-state index in [4.69, 9.17) is 9.94 Å². The lowest BCUT2D eigenvalue weighted by Gasteiger charge is -2.26. The number of carbonyl (C=O) groups is 2. The van der Waals surface area contributed by atoms with Crippen LogP contribution in [0.4, 0.5) is 0 Å². The van der Waals surface area contributed by atoms with Gasteiger partial charge in [-0.05, 0) is 12.8 Å². The Labute approximate surface area is 101 Å². The molecule has 0 aliphatic carbocycles. The number of ether oxygens (including phenoxy) is 1. The second-order valence-electron chi connectivity index (χ2n) is 4.09. The van der Waals surface area contributed by atoms with Crippen molar-refractivity contribution >= 4 is 11.8 Å². The van der Waals surface area contributed by atoms with Gasteiger partial charge in [0.25, 0.3) is 0 Å². The fourth-order valence-electron chi connectivity index (χ4n) is 1.77.